The molecule has 84 valence electrons. The molecule has 1 aliphatic rings. The minimum absolute atomic E-state index is 0.0694. The summed E-state index contributed by atoms with van der Waals surface area (Å²) >= 11 is 5.82. The number of aromatic nitrogens is 3. The van der Waals surface area contributed by atoms with Crippen molar-refractivity contribution in [3.63, 3.8) is 0 Å². The zero-order valence-corrected chi connectivity index (χ0v) is 9.52. The van der Waals surface area contributed by atoms with Gasteiger partial charge in [0.25, 0.3) is 0 Å². The number of fused-ring (bicyclic) bond motifs is 1. The van der Waals surface area contributed by atoms with E-state index < -0.39 is 0 Å². The molecule has 1 fully saturated rings. The summed E-state index contributed by atoms with van der Waals surface area (Å²) in [5, 5.41) is 5.94. The summed E-state index contributed by atoms with van der Waals surface area (Å²) < 4.78 is 7.55. The van der Waals surface area contributed by atoms with Gasteiger partial charge < -0.3 is 4.74 Å². The molecule has 0 spiro atoms. The van der Waals surface area contributed by atoms with E-state index >= 15 is 0 Å². The normalized spacial score (nSPS) is 21.4. The fourth-order valence-corrected chi connectivity index (χ4v) is 2.14. The van der Waals surface area contributed by atoms with Crippen molar-refractivity contribution in [3.8, 4) is 0 Å². The van der Waals surface area contributed by atoms with E-state index in [0.717, 1.165) is 30.4 Å². The topological polar surface area (TPSA) is 39.9 Å². The third-order valence-electron chi connectivity index (χ3n) is 2.82. The van der Waals surface area contributed by atoms with E-state index in [1.807, 2.05) is 10.9 Å². The van der Waals surface area contributed by atoms with Crippen LogP contribution in [0.15, 0.2) is 18.5 Å². The SMILES string of the molecule is Clc1cc2nn(C3CCCCO3)cc2cn1. The third kappa shape index (κ3) is 1.79. The van der Waals surface area contributed by atoms with Crippen LogP contribution in [0.2, 0.25) is 5.15 Å². The van der Waals surface area contributed by atoms with Crippen LogP contribution in [-0.4, -0.2) is 21.4 Å². The molecule has 2 aromatic rings. The lowest BCUT2D eigenvalue weighted by atomic mass is 10.2. The van der Waals surface area contributed by atoms with Crippen molar-refractivity contribution in [3.05, 3.63) is 23.6 Å². The number of ether oxygens (including phenoxy) is 1. The lowest BCUT2D eigenvalue weighted by Gasteiger charge is -2.22. The van der Waals surface area contributed by atoms with Gasteiger partial charge in [0.05, 0.1) is 5.52 Å². The summed E-state index contributed by atoms with van der Waals surface area (Å²) in [6.45, 7) is 0.819. The lowest BCUT2D eigenvalue weighted by Crippen LogP contribution is -2.18. The molecule has 1 aliphatic heterocycles. The lowest BCUT2D eigenvalue weighted by molar-refractivity contribution is -0.0390. The van der Waals surface area contributed by atoms with Crippen LogP contribution in [0, 0.1) is 0 Å². The van der Waals surface area contributed by atoms with Crippen molar-refractivity contribution < 1.29 is 4.74 Å². The van der Waals surface area contributed by atoms with Gasteiger partial charge in [-0.25, -0.2) is 9.67 Å². The maximum atomic E-state index is 5.82. The maximum Gasteiger partial charge on any atom is 0.150 e. The Hall–Kier alpha value is -1.13. The minimum Gasteiger partial charge on any atom is -0.357 e. The monoisotopic (exact) mass is 237 g/mol. The number of rotatable bonds is 1. The Morgan fingerprint density at radius 1 is 1.44 bits per heavy atom. The van der Waals surface area contributed by atoms with E-state index in [1.54, 1.807) is 12.3 Å². The van der Waals surface area contributed by atoms with Crippen molar-refractivity contribution >= 4 is 22.5 Å². The van der Waals surface area contributed by atoms with Crippen LogP contribution in [0.4, 0.5) is 0 Å². The standard InChI is InChI=1S/C11H12ClN3O/c12-10-5-9-8(6-13-10)7-15(14-9)11-3-1-2-4-16-11/h5-7,11H,1-4H2. The summed E-state index contributed by atoms with van der Waals surface area (Å²) in [5.74, 6) is 0. The highest BCUT2D eigenvalue weighted by atomic mass is 35.5. The van der Waals surface area contributed by atoms with E-state index in [4.69, 9.17) is 16.3 Å². The number of pyridine rings is 1. The molecule has 0 aliphatic carbocycles. The fraction of sp³-hybridized carbons (Fsp3) is 0.455. The average Bonchev–Trinajstić information content (AvgIpc) is 2.73. The summed E-state index contributed by atoms with van der Waals surface area (Å²) in [7, 11) is 0. The minimum atomic E-state index is 0.0694. The van der Waals surface area contributed by atoms with E-state index in [2.05, 4.69) is 10.1 Å². The summed E-state index contributed by atoms with van der Waals surface area (Å²) in [4.78, 5) is 4.04. The largest absolute Gasteiger partial charge is 0.357 e. The molecule has 3 heterocycles. The van der Waals surface area contributed by atoms with Gasteiger partial charge in [-0.1, -0.05) is 11.6 Å². The van der Waals surface area contributed by atoms with E-state index in [9.17, 15) is 0 Å². The van der Waals surface area contributed by atoms with Gasteiger partial charge in [-0.2, -0.15) is 5.10 Å². The summed E-state index contributed by atoms with van der Waals surface area (Å²) in [6, 6.07) is 1.77. The Bertz CT molecular complexity index is 505. The molecule has 2 aromatic heterocycles. The van der Waals surface area contributed by atoms with Gasteiger partial charge in [-0.15, -0.1) is 0 Å². The van der Waals surface area contributed by atoms with Gasteiger partial charge in [0.1, 0.15) is 11.4 Å². The molecule has 16 heavy (non-hydrogen) atoms. The van der Waals surface area contributed by atoms with Gasteiger partial charge in [0.15, 0.2) is 0 Å². The van der Waals surface area contributed by atoms with Crippen LogP contribution in [0.5, 0.6) is 0 Å². The van der Waals surface area contributed by atoms with Crippen molar-refractivity contribution in [1.29, 1.82) is 0 Å². The van der Waals surface area contributed by atoms with Gasteiger partial charge in [-0.05, 0) is 19.3 Å². The number of hydrogen-bond acceptors (Lipinski definition) is 3. The molecule has 0 aromatic carbocycles. The van der Waals surface area contributed by atoms with Gasteiger partial charge >= 0.3 is 0 Å². The fourth-order valence-electron chi connectivity index (χ4n) is 1.99. The molecule has 3 rings (SSSR count). The maximum absolute atomic E-state index is 5.82. The first-order valence-electron chi connectivity index (χ1n) is 5.45. The molecule has 0 bridgehead atoms. The molecular weight excluding hydrogens is 226 g/mol. The van der Waals surface area contributed by atoms with Crippen LogP contribution in [-0.2, 0) is 4.74 Å². The highest BCUT2D eigenvalue weighted by molar-refractivity contribution is 6.29. The first-order chi connectivity index (χ1) is 7.83. The molecule has 1 atom stereocenters. The Balaban J connectivity index is 1.97. The van der Waals surface area contributed by atoms with Crippen LogP contribution in [0.3, 0.4) is 0 Å². The molecule has 1 unspecified atom stereocenters. The Labute approximate surface area is 98.2 Å². The van der Waals surface area contributed by atoms with Crippen LogP contribution in [0.25, 0.3) is 10.9 Å². The van der Waals surface area contributed by atoms with E-state index in [-0.39, 0.29) is 6.23 Å². The molecule has 0 N–H and O–H groups in total. The molecule has 0 radical (unpaired) electrons. The quantitative estimate of drug-likeness (QED) is 0.716. The highest BCUT2D eigenvalue weighted by Gasteiger charge is 2.16. The molecule has 1 saturated heterocycles. The summed E-state index contributed by atoms with van der Waals surface area (Å²) in [5.41, 5.74) is 0.870. The van der Waals surface area contributed by atoms with Crippen molar-refractivity contribution in [2.24, 2.45) is 0 Å². The van der Waals surface area contributed by atoms with E-state index in [0.29, 0.717) is 5.15 Å². The zero-order chi connectivity index (χ0) is 11.0. The smallest absolute Gasteiger partial charge is 0.150 e. The molecule has 0 saturated carbocycles. The van der Waals surface area contributed by atoms with Crippen molar-refractivity contribution in [2.45, 2.75) is 25.5 Å². The molecular formula is C11H12ClN3O. The molecule has 5 heteroatoms. The first kappa shape index (κ1) is 10.1. The third-order valence-corrected chi connectivity index (χ3v) is 3.03. The van der Waals surface area contributed by atoms with Crippen molar-refractivity contribution in [2.75, 3.05) is 6.61 Å². The second-order valence-electron chi connectivity index (χ2n) is 4.00. The number of halogens is 1. The predicted octanol–water partition coefficient (Wildman–Crippen LogP) is 2.78. The number of hydrogen-bond donors (Lipinski definition) is 0. The predicted molar refractivity (Wildman–Crippen MR) is 61.4 cm³/mol. The van der Waals surface area contributed by atoms with Crippen LogP contribution >= 0.6 is 11.6 Å². The molecule has 4 nitrogen and oxygen atoms in total. The van der Waals surface area contributed by atoms with Gasteiger partial charge in [0.2, 0.25) is 0 Å². The van der Waals surface area contributed by atoms with Gasteiger partial charge in [0, 0.05) is 30.5 Å². The molecule has 0 amide bonds. The highest BCUT2D eigenvalue weighted by Crippen LogP contribution is 2.24. The summed E-state index contributed by atoms with van der Waals surface area (Å²) in [6.07, 6.45) is 7.14. The second kappa shape index (κ2) is 4.03. The Morgan fingerprint density at radius 3 is 3.19 bits per heavy atom. The van der Waals surface area contributed by atoms with Crippen molar-refractivity contribution in [1.82, 2.24) is 14.8 Å². The van der Waals surface area contributed by atoms with E-state index in [1.165, 1.54) is 6.42 Å². The first-order valence-corrected chi connectivity index (χ1v) is 5.83. The van der Waals surface area contributed by atoms with Crippen LogP contribution in [0.1, 0.15) is 25.5 Å². The van der Waals surface area contributed by atoms with Crippen LogP contribution < -0.4 is 0 Å². The zero-order valence-electron chi connectivity index (χ0n) is 8.77. The Morgan fingerprint density at radius 2 is 2.38 bits per heavy atom. The Kier molecular flexibility index (Phi) is 2.53. The second-order valence-corrected chi connectivity index (χ2v) is 4.38. The van der Waals surface area contributed by atoms with Gasteiger partial charge in [-0.3, -0.25) is 0 Å². The number of nitrogens with zero attached hydrogens (tertiary/aromatic N) is 3. The average molecular weight is 238 g/mol.